The summed E-state index contributed by atoms with van der Waals surface area (Å²) in [5, 5.41) is 5.93. The molecule has 0 atom stereocenters. The van der Waals surface area contributed by atoms with Crippen molar-refractivity contribution in [2.45, 2.75) is 18.4 Å². The monoisotopic (exact) mass is 497 g/mol. The predicted molar refractivity (Wildman–Crippen MR) is 139 cm³/mol. The number of carbonyl (C=O) groups excluding carboxylic acids is 2. The van der Waals surface area contributed by atoms with Crippen molar-refractivity contribution in [1.82, 2.24) is 9.73 Å². The number of nitrogens with one attached hydrogen (secondary N) is 1. The number of hydrogen-bond acceptors (Lipinski definition) is 5. The predicted octanol–water partition coefficient (Wildman–Crippen LogP) is 4.30. The molecule has 0 spiro atoms. The summed E-state index contributed by atoms with van der Waals surface area (Å²) in [6.07, 6.45) is 0. The van der Waals surface area contributed by atoms with Gasteiger partial charge in [0.2, 0.25) is 15.8 Å². The molecule has 4 aromatic rings. The number of ketones is 1. The maximum atomic E-state index is 12.8. The van der Waals surface area contributed by atoms with Crippen LogP contribution < -0.4 is 5.43 Å². The van der Waals surface area contributed by atoms with Gasteiger partial charge in [-0.15, -0.1) is 0 Å². The molecule has 180 valence electrons. The highest BCUT2D eigenvalue weighted by atomic mass is 32.2. The van der Waals surface area contributed by atoms with Crippen LogP contribution in [-0.4, -0.2) is 37.2 Å². The lowest BCUT2D eigenvalue weighted by molar-refractivity contribution is 0.0955. The second-order valence-electron chi connectivity index (χ2n) is 8.71. The quantitative estimate of drug-likeness (QED) is 0.402. The van der Waals surface area contributed by atoms with Gasteiger partial charge in [0, 0.05) is 35.7 Å². The fourth-order valence-corrected chi connectivity index (χ4v) is 5.41. The van der Waals surface area contributed by atoms with E-state index in [1.807, 2.05) is 37.3 Å². The van der Waals surface area contributed by atoms with Gasteiger partial charge in [-0.2, -0.15) is 9.41 Å². The summed E-state index contributed by atoms with van der Waals surface area (Å²) in [6.45, 7) is 2.05. The van der Waals surface area contributed by atoms with E-state index in [1.165, 1.54) is 11.4 Å². The number of aryl methyl sites for hydroxylation is 1. The average molecular weight is 498 g/mol. The zero-order valence-corrected chi connectivity index (χ0v) is 20.5. The Morgan fingerprint density at radius 1 is 0.889 bits per heavy atom. The van der Waals surface area contributed by atoms with Crippen LogP contribution in [0.1, 0.15) is 37.4 Å². The molecule has 1 N–H and O–H groups in total. The van der Waals surface area contributed by atoms with Gasteiger partial charge in [-0.25, -0.2) is 13.8 Å². The van der Waals surface area contributed by atoms with E-state index in [1.54, 1.807) is 54.6 Å². The first-order chi connectivity index (χ1) is 17.3. The molecule has 0 bridgehead atoms. The van der Waals surface area contributed by atoms with Gasteiger partial charge in [-0.3, -0.25) is 9.59 Å². The molecule has 1 amide bonds. The van der Waals surface area contributed by atoms with Crippen molar-refractivity contribution in [1.29, 1.82) is 0 Å². The Morgan fingerprint density at radius 3 is 2.19 bits per heavy atom. The molecule has 1 aliphatic rings. The number of amides is 1. The van der Waals surface area contributed by atoms with Crippen molar-refractivity contribution in [2.75, 3.05) is 7.05 Å². The van der Waals surface area contributed by atoms with Crippen molar-refractivity contribution >= 4 is 38.2 Å². The first kappa shape index (κ1) is 23.6. The lowest BCUT2D eigenvalue weighted by Gasteiger charge is -2.17. The zero-order valence-electron chi connectivity index (χ0n) is 19.7. The highest BCUT2D eigenvalue weighted by Crippen LogP contribution is 2.30. The minimum absolute atomic E-state index is 0.150. The van der Waals surface area contributed by atoms with Crippen molar-refractivity contribution in [3.05, 3.63) is 113 Å². The molecule has 36 heavy (non-hydrogen) atoms. The van der Waals surface area contributed by atoms with Gasteiger partial charge >= 0.3 is 0 Å². The number of Topliss-reactive ketones (excluding diaryl/α,β-unsaturated/α-hetero) is 1. The Hall–Kier alpha value is -4.14. The summed E-state index contributed by atoms with van der Waals surface area (Å²) in [5.41, 5.74) is 6.00. The van der Waals surface area contributed by atoms with Crippen LogP contribution in [0.3, 0.4) is 0 Å². The number of carbonyl (C=O) groups is 2. The standard InChI is InChI=1S/C28H23N3O4S/c1-18-9-15-22(16-10-18)36(34,35)31(2)17-19-11-13-21(14-12-19)28(33)30-29-26-23-7-3-5-20-6-4-8-24(25(20)23)27(26)32/h3-16H,17H2,1-2H3,(H,30,33)/b29-26-. The van der Waals surface area contributed by atoms with Gasteiger partial charge < -0.3 is 0 Å². The summed E-state index contributed by atoms with van der Waals surface area (Å²) in [6, 6.07) is 24.4. The normalized spacial score (nSPS) is 14.1. The van der Waals surface area contributed by atoms with Crippen LogP contribution in [0.15, 0.2) is 94.9 Å². The maximum Gasteiger partial charge on any atom is 0.271 e. The van der Waals surface area contributed by atoms with Crippen molar-refractivity contribution < 1.29 is 18.0 Å². The van der Waals surface area contributed by atoms with Gasteiger partial charge in [0.05, 0.1) is 4.90 Å². The van der Waals surface area contributed by atoms with Gasteiger partial charge in [-0.1, -0.05) is 66.2 Å². The fourth-order valence-electron chi connectivity index (χ4n) is 4.25. The molecule has 0 unspecified atom stereocenters. The molecule has 0 radical (unpaired) electrons. The molecule has 0 saturated heterocycles. The molecule has 0 aliphatic heterocycles. The average Bonchev–Trinajstić information content (AvgIpc) is 3.16. The first-order valence-electron chi connectivity index (χ1n) is 11.3. The van der Waals surface area contributed by atoms with E-state index >= 15 is 0 Å². The number of rotatable bonds is 6. The molecule has 7 nitrogen and oxygen atoms in total. The van der Waals surface area contributed by atoms with E-state index in [4.69, 9.17) is 0 Å². The van der Waals surface area contributed by atoms with E-state index in [9.17, 15) is 18.0 Å². The summed E-state index contributed by atoms with van der Waals surface area (Å²) in [5.74, 6) is -0.694. The molecule has 0 fully saturated rings. The van der Waals surface area contributed by atoms with Crippen LogP contribution in [0.2, 0.25) is 0 Å². The third-order valence-corrected chi connectivity index (χ3v) is 8.06. The van der Waals surface area contributed by atoms with E-state index in [0.29, 0.717) is 16.7 Å². The second kappa shape index (κ2) is 9.14. The topological polar surface area (TPSA) is 95.9 Å². The molecular weight excluding hydrogens is 474 g/mol. The SMILES string of the molecule is Cc1ccc(S(=O)(=O)N(C)Cc2ccc(C(=O)N/N=C3\C(=O)c4cccc5cccc3c45)cc2)cc1. The minimum atomic E-state index is -3.64. The Morgan fingerprint density at radius 2 is 1.53 bits per heavy atom. The molecule has 1 aliphatic carbocycles. The largest absolute Gasteiger partial charge is 0.287 e. The lowest BCUT2D eigenvalue weighted by Crippen LogP contribution is -2.26. The summed E-state index contributed by atoms with van der Waals surface area (Å²) >= 11 is 0. The van der Waals surface area contributed by atoms with Gasteiger partial charge in [-0.05, 0) is 42.1 Å². The molecule has 0 saturated carbocycles. The molecule has 0 aromatic heterocycles. The number of benzene rings is 4. The van der Waals surface area contributed by atoms with Gasteiger partial charge in [0.25, 0.3) is 5.91 Å². The smallest absolute Gasteiger partial charge is 0.271 e. The Labute approximate surface area is 209 Å². The third-order valence-electron chi connectivity index (χ3n) is 6.24. The Balaban J connectivity index is 1.29. The number of hydrazone groups is 1. The van der Waals surface area contributed by atoms with Crippen LogP contribution in [0, 0.1) is 6.92 Å². The number of nitrogens with zero attached hydrogens (tertiary/aromatic N) is 2. The van der Waals surface area contributed by atoms with Crippen LogP contribution >= 0.6 is 0 Å². The molecule has 5 rings (SSSR count). The van der Waals surface area contributed by atoms with Gasteiger partial charge in [0.1, 0.15) is 5.71 Å². The number of sulfonamides is 1. The summed E-state index contributed by atoms with van der Waals surface area (Å²) in [4.78, 5) is 25.8. The highest BCUT2D eigenvalue weighted by molar-refractivity contribution is 7.89. The van der Waals surface area contributed by atoms with Crippen LogP contribution in [0.25, 0.3) is 10.8 Å². The Bertz CT molecular complexity index is 1640. The summed E-state index contributed by atoms with van der Waals surface area (Å²) < 4.78 is 26.9. The minimum Gasteiger partial charge on any atom is -0.287 e. The van der Waals surface area contributed by atoms with Gasteiger partial charge in [0.15, 0.2) is 0 Å². The maximum absolute atomic E-state index is 12.8. The number of hydrogen-bond donors (Lipinski definition) is 1. The van der Waals surface area contributed by atoms with Crippen molar-refractivity contribution in [3.63, 3.8) is 0 Å². The van der Waals surface area contributed by atoms with Crippen molar-refractivity contribution in [3.8, 4) is 0 Å². The zero-order chi connectivity index (χ0) is 25.4. The van der Waals surface area contributed by atoms with E-state index in [0.717, 1.165) is 21.9 Å². The molecular formula is C28H23N3O4S. The van der Waals surface area contributed by atoms with E-state index in [-0.39, 0.29) is 22.9 Å². The van der Waals surface area contributed by atoms with E-state index in [2.05, 4.69) is 10.5 Å². The Kier molecular flexibility index (Phi) is 5.99. The molecule has 0 heterocycles. The van der Waals surface area contributed by atoms with Crippen LogP contribution in [0.4, 0.5) is 0 Å². The molecule has 4 aromatic carbocycles. The van der Waals surface area contributed by atoms with E-state index < -0.39 is 15.9 Å². The van der Waals surface area contributed by atoms with Crippen LogP contribution in [-0.2, 0) is 16.6 Å². The third kappa shape index (κ3) is 4.21. The lowest BCUT2D eigenvalue weighted by atomic mass is 10.1. The fraction of sp³-hybridized carbons (Fsp3) is 0.107. The van der Waals surface area contributed by atoms with Crippen molar-refractivity contribution in [2.24, 2.45) is 5.10 Å². The highest BCUT2D eigenvalue weighted by Gasteiger charge is 2.29. The van der Waals surface area contributed by atoms with Crippen LogP contribution in [0.5, 0.6) is 0 Å². The summed E-state index contributed by atoms with van der Waals surface area (Å²) in [7, 11) is -2.12. The first-order valence-corrected chi connectivity index (χ1v) is 12.8. The second-order valence-corrected chi connectivity index (χ2v) is 10.8. The molecule has 8 heteroatoms.